The van der Waals surface area contributed by atoms with Crippen molar-refractivity contribution in [1.82, 2.24) is 10.6 Å². The van der Waals surface area contributed by atoms with E-state index in [2.05, 4.69) is 29.7 Å². The molecule has 2 aromatic rings. The van der Waals surface area contributed by atoms with Crippen LogP contribution in [0.3, 0.4) is 0 Å². The molecule has 24 heavy (non-hydrogen) atoms. The second-order valence-electron chi connectivity index (χ2n) is 6.24. The van der Waals surface area contributed by atoms with Crippen molar-refractivity contribution in [2.75, 3.05) is 6.54 Å². The number of hydrogen-bond acceptors (Lipinski definition) is 2. The van der Waals surface area contributed by atoms with Crippen molar-refractivity contribution in [3.8, 4) is 11.1 Å². The average Bonchev–Trinajstić information content (AvgIpc) is 2.80. The lowest BCUT2D eigenvalue weighted by molar-refractivity contribution is -0.120. The fourth-order valence-corrected chi connectivity index (χ4v) is 3.03. The molecule has 1 aliphatic heterocycles. The molecule has 4 nitrogen and oxygen atoms in total. The van der Waals surface area contributed by atoms with E-state index < -0.39 is 0 Å². The van der Waals surface area contributed by atoms with Gasteiger partial charge in [0.25, 0.3) is 5.91 Å². The molecule has 1 saturated heterocycles. The minimum Gasteiger partial charge on any atom is -0.356 e. The second kappa shape index (κ2) is 7.30. The maximum Gasteiger partial charge on any atom is 0.251 e. The van der Waals surface area contributed by atoms with Crippen LogP contribution in [-0.4, -0.2) is 24.4 Å². The minimum atomic E-state index is -0.0781. The fourth-order valence-electron chi connectivity index (χ4n) is 3.03. The van der Waals surface area contributed by atoms with Crippen molar-refractivity contribution in [3.63, 3.8) is 0 Å². The summed E-state index contributed by atoms with van der Waals surface area (Å²) < 4.78 is 0. The van der Waals surface area contributed by atoms with Crippen LogP contribution in [0.15, 0.2) is 48.5 Å². The van der Waals surface area contributed by atoms with Crippen molar-refractivity contribution < 1.29 is 9.59 Å². The molecule has 1 unspecified atom stereocenters. The number of carbonyl (C=O) groups is 2. The highest BCUT2D eigenvalue weighted by atomic mass is 16.2. The first-order chi connectivity index (χ1) is 11.6. The molecule has 3 rings (SSSR count). The lowest BCUT2D eigenvalue weighted by Gasteiger charge is -2.15. The zero-order valence-corrected chi connectivity index (χ0v) is 13.8. The summed E-state index contributed by atoms with van der Waals surface area (Å²) in [5.41, 5.74) is 4.15. The smallest absolute Gasteiger partial charge is 0.251 e. The standard InChI is InChI=1S/C20H22N2O2/c1-14-4-2-3-5-18(14)15-6-8-16(9-7-15)20(24)22-17-10-11-19(23)21-13-12-17/h2-9,17H,10-13H2,1H3,(H,21,23)(H,22,24). The highest BCUT2D eigenvalue weighted by Crippen LogP contribution is 2.23. The van der Waals surface area contributed by atoms with Crippen molar-refractivity contribution in [2.24, 2.45) is 0 Å². The van der Waals surface area contributed by atoms with E-state index in [-0.39, 0.29) is 17.9 Å². The van der Waals surface area contributed by atoms with E-state index in [0.717, 1.165) is 12.0 Å². The Bertz CT molecular complexity index is 738. The van der Waals surface area contributed by atoms with E-state index in [0.29, 0.717) is 24.9 Å². The van der Waals surface area contributed by atoms with Crippen LogP contribution in [0.1, 0.15) is 35.2 Å². The van der Waals surface area contributed by atoms with Crippen LogP contribution in [0.2, 0.25) is 0 Å². The van der Waals surface area contributed by atoms with Crippen molar-refractivity contribution in [1.29, 1.82) is 0 Å². The summed E-state index contributed by atoms with van der Waals surface area (Å²) in [6, 6.07) is 15.9. The molecule has 0 bridgehead atoms. The highest BCUT2D eigenvalue weighted by Gasteiger charge is 2.18. The number of benzene rings is 2. The van der Waals surface area contributed by atoms with Crippen molar-refractivity contribution >= 4 is 11.8 Å². The zero-order valence-electron chi connectivity index (χ0n) is 13.8. The number of aryl methyl sites for hydroxylation is 1. The molecular weight excluding hydrogens is 300 g/mol. The van der Waals surface area contributed by atoms with Gasteiger partial charge in [0.05, 0.1) is 0 Å². The topological polar surface area (TPSA) is 58.2 Å². The summed E-state index contributed by atoms with van der Waals surface area (Å²) in [5, 5.41) is 5.86. The van der Waals surface area contributed by atoms with Crippen LogP contribution in [0, 0.1) is 6.92 Å². The van der Waals surface area contributed by atoms with E-state index in [1.807, 2.05) is 36.4 Å². The Morgan fingerprint density at radius 3 is 2.58 bits per heavy atom. The molecule has 1 atom stereocenters. The summed E-state index contributed by atoms with van der Waals surface area (Å²) >= 11 is 0. The first kappa shape index (κ1) is 16.2. The molecular formula is C20H22N2O2. The van der Waals surface area contributed by atoms with Crippen LogP contribution in [0.5, 0.6) is 0 Å². The Labute approximate surface area is 142 Å². The van der Waals surface area contributed by atoms with Gasteiger partial charge in [-0.15, -0.1) is 0 Å². The summed E-state index contributed by atoms with van der Waals surface area (Å²) in [6.07, 6.45) is 1.94. The summed E-state index contributed by atoms with van der Waals surface area (Å²) in [5.74, 6) is -0.0139. The van der Waals surface area contributed by atoms with Gasteiger partial charge in [-0.05, 0) is 48.6 Å². The van der Waals surface area contributed by atoms with Gasteiger partial charge in [-0.2, -0.15) is 0 Å². The van der Waals surface area contributed by atoms with Crippen LogP contribution in [0.25, 0.3) is 11.1 Å². The van der Waals surface area contributed by atoms with E-state index in [9.17, 15) is 9.59 Å². The molecule has 4 heteroatoms. The van der Waals surface area contributed by atoms with Crippen LogP contribution < -0.4 is 10.6 Å². The molecule has 1 fully saturated rings. The van der Waals surface area contributed by atoms with Crippen molar-refractivity contribution in [3.05, 3.63) is 59.7 Å². The molecule has 2 amide bonds. The Morgan fingerprint density at radius 1 is 1.08 bits per heavy atom. The zero-order chi connectivity index (χ0) is 16.9. The first-order valence-electron chi connectivity index (χ1n) is 8.37. The Balaban J connectivity index is 1.68. The third-order valence-electron chi connectivity index (χ3n) is 4.47. The molecule has 0 saturated carbocycles. The molecule has 0 radical (unpaired) electrons. The number of hydrogen-bond donors (Lipinski definition) is 2. The predicted molar refractivity (Wildman–Crippen MR) is 94.7 cm³/mol. The monoisotopic (exact) mass is 322 g/mol. The van der Waals surface area contributed by atoms with Gasteiger partial charge in [0.15, 0.2) is 0 Å². The van der Waals surface area contributed by atoms with Crippen LogP contribution >= 0.6 is 0 Å². The van der Waals surface area contributed by atoms with Gasteiger partial charge in [0.1, 0.15) is 0 Å². The molecule has 2 N–H and O–H groups in total. The second-order valence-corrected chi connectivity index (χ2v) is 6.24. The largest absolute Gasteiger partial charge is 0.356 e. The van der Waals surface area contributed by atoms with E-state index in [1.54, 1.807) is 0 Å². The molecule has 0 aromatic heterocycles. The molecule has 124 valence electrons. The van der Waals surface area contributed by atoms with Crippen LogP contribution in [0.4, 0.5) is 0 Å². The first-order valence-corrected chi connectivity index (χ1v) is 8.37. The van der Waals surface area contributed by atoms with Crippen molar-refractivity contribution in [2.45, 2.75) is 32.2 Å². The maximum atomic E-state index is 12.4. The minimum absolute atomic E-state index is 0.0486. The molecule has 2 aromatic carbocycles. The summed E-state index contributed by atoms with van der Waals surface area (Å²) in [7, 11) is 0. The van der Waals surface area contributed by atoms with Crippen LogP contribution in [-0.2, 0) is 4.79 Å². The Hall–Kier alpha value is -2.62. The normalized spacial score (nSPS) is 17.7. The van der Waals surface area contributed by atoms with E-state index in [4.69, 9.17) is 0 Å². The maximum absolute atomic E-state index is 12.4. The molecule has 1 aliphatic rings. The third-order valence-corrected chi connectivity index (χ3v) is 4.47. The van der Waals surface area contributed by atoms with Gasteiger partial charge in [-0.25, -0.2) is 0 Å². The summed E-state index contributed by atoms with van der Waals surface area (Å²) in [6.45, 7) is 2.70. The average molecular weight is 322 g/mol. The van der Waals surface area contributed by atoms with Gasteiger partial charge < -0.3 is 10.6 Å². The molecule has 0 spiro atoms. The quantitative estimate of drug-likeness (QED) is 0.912. The SMILES string of the molecule is Cc1ccccc1-c1ccc(C(=O)NC2CCNC(=O)CC2)cc1. The molecule has 0 aliphatic carbocycles. The number of amides is 2. The van der Waals surface area contributed by atoms with E-state index >= 15 is 0 Å². The lowest BCUT2D eigenvalue weighted by atomic mass is 9.99. The predicted octanol–water partition coefficient (Wildman–Crippen LogP) is 3.06. The Morgan fingerprint density at radius 2 is 1.83 bits per heavy atom. The third kappa shape index (κ3) is 3.82. The van der Waals surface area contributed by atoms with Gasteiger partial charge in [-0.3, -0.25) is 9.59 Å². The van der Waals surface area contributed by atoms with Gasteiger partial charge in [-0.1, -0.05) is 36.4 Å². The number of rotatable bonds is 3. The molecule has 1 heterocycles. The van der Waals surface area contributed by atoms with Gasteiger partial charge in [0, 0.05) is 24.6 Å². The Kier molecular flexibility index (Phi) is 4.94. The van der Waals surface area contributed by atoms with Gasteiger partial charge >= 0.3 is 0 Å². The number of nitrogens with one attached hydrogen (secondary N) is 2. The van der Waals surface area contributed by atoms with Gasteiger partial charge in [0.2, 0.25) is 5.91 Å². The fraction of sp³-hybridized carbons (Fsp3) is 0.300. The number of carbonyl (C=O) groups excluding carboxylic acids is 2. The highest BCUT2D eigenvalue weighted by molar-refractivity contribution is 5.95. The van der Waals surface area contributed by atoms with E-state index in [1.165, 1.54) is 11.1 Å². The summed E-state index contributed by atoms with van der Waals surface area (Å²) in [4.78, 5) is 23.8. The lowest BCUT2D eigenvalue weighted by Crippen LogP contribution is -2.35.